The number of nitro groups is 1. The Morgan fingerprint density at radius 2 is 1.65 bits per heavy atom. The number of nitrogens with one attached hydrogen (secondary N) is 1. The fourth-order valence-corrected chi connectivity index (χ4v) is 3.96. The Morgan fingerprint density at radius 1 is 1.00 bits per heavy atom. The summed E-state index contributed by atoms with van der Waals surface area (Å²) < 4.78 is 25.8. The third-order valence-electron chi connectivity index (χ3n) is 4.74. The van der Waals surface area contributed by atoms with Crippen LogP contribution in [0.5, 0.6) is 0 Å². The van der Waals surface area contributed by atoms with Crippen LogP contribution < -0.4 is 9.62 Å². The quantitative estimate of drug-likeness (QED) is 0.440. The molecule has 31 heavy (non-hydrogen) atoms. The van der Waals surface area contributed by atoms with Crippen molar-refractivity contribution < 1.29 is 18.1 Å². The highest BCUT2D eigenvalue weighted by Crippen LogP contribution is 2.26. The standard InChI is InChI=1S/C22H21N3O5S/c1-16-20(9-6-10-21(16)25(27)28)23-22(26)18-13-11-17(12-14-18)15-24(31(2,29)30)19-7-4-3-5-8-19/h3-14H,15H2,1-2H3,(H,23,26). The fourth-order valence-electron chi connectivity index (χ4n) is 3.07. The molecule has 0 aromatic heterocycles. The van der Waals surface area contributed by atoms with Crippen LogP contribution in [0.2, 0.25) is 0 Å². The first-order chi connectivity index (χ1) is 14.7. The van der Waals surface area contributed by atoms with E-state index < -0.39 is 20.9 Å². The fraction of sp³-hybridized carbons (Fsp3) is 0.136. The molecule has 0 radical (unpaired) electrons. The van der Waals surface area contributed by atoms with Crippen LogP contribution >= 0.6 is 0 Å². The largest absolute Gasteiger partial charge is 0.321 e. The average Bonchev–Trinajstić information content (AvgIpc) is 2.73. The Bertz CT molecular complexity index is 1210. The van der Waals surface area contributed by atoms with Gasteiger partial charge in [-0.1, -0.05) is 36.4 Å². The van der Waals surface area contributed by atoms with E-state index in [0.717, 1.165) is 6.26 Å². The number of anilines is 2. The normalized spacial score (nSPS) is 11.0. The number of carbonyl (C=O) groups is 1. The molecule has 0 atom stereocenters. The van der Waals surface area contributed by atoms with Crippen LogP contribution in [0.3, 0.4) is 0 Å². The van der Waals surface area contributed by atoms with Crippen LogP contribution in [0, 0.1) is 17.0 Å². The van der Waals surface area contributed by atoms with Gasteiger partial charge in [0.15, 0.2) is 0 Å². The predicted octanol–water partition coefficient (Wildman–Crippen LogP) is 4.12. The summed E-state index contributed by atoms with van der Waals surface area (Å²) in [6.45, 7) is 1.69. The molecule has 3 aromatic rings. The second-order valence-corrected chi connectivity index (χ2v) is 8.87. The maximum Gasteiger partial charge on any atom is 0.274 e. The van der Waals surface area contributed by atoms with E-state index in [1.165, 1.54) is 16.4 Å². The number of carbonyl (C=O) groups excluding carboxylic acids is 1. The predicted molar refractivity (Wildman–Crippen MR) is 120 cm³/mol. The third kappa shape index (κ3) is 5.26. The number of nitro benzene ring substituents is 1. The number of para-hydroxylation sites is 1. The molecule has 0 unspecified atom stereocenters. The second kappa shape index (κ2) is 8.97. The summed E-state index contributed by atoms with van der Waals surface area (Å²) in [5, 5.41) is 13.8. The maximum absolute atomic E-state index is 12.6. The van der Waals surface area contributed by atoms with Crippen molar-refractivity contribution >= 4 is 33.0 Å². The number of rotatable bonds is 7. The smallest absolute Gasteiger partial charge is 0.274 e. The minimum Gasteiger partial charge on any atom is -0.321 e. The highest BCUT2D eigenvalue weighted by atomic mass is 32.2. The van der Waals surface area contributed by atoms with Gasteiger partial charge in [0.1, 0.15) is 0 Å². The third-order valence-corrected chi connectivity index (χ3v) is 5.88. The van der Waals surface area contributed by atoms with E-state index >= 15 is 0 Å². The molecule has 160 valence electrons. The van der Waals surface area contributed by atoms with E-state index in [0.29, 0.717) is 28.1 Å². The highest BCUT2D eigenvalue weighted by molar-refractivity contribution is 7.92. The number of amides is 1. The average molecular weight is 439 g/mol. The minimum atomic E-state index is -3.50. The molecule has 0 bridgehead atoms. The molecule has 3 rings (SSSR count). The minimum absolute atomic E-state index is 0.0741. The van der Waals surface area contributed by atoms with Crippen molar-refractivity contribution in [3.8, 4) is 0 Å². The van der Waals surface area contributed by atoms with E-state index in [1.807, 2.05) is 0 Å². The number of hydrogen-bond acceptors (Lipinski definition) is 5. The summed E-state index contributed by atoms with van der Waals surface area (Å²) in [6.07, 6.45) is 1.14. The lowest BCUT2D eigenvalue weighted by Gasteiger charge is -2.22. The first kappa shape index (κ1) is 22.0. The second-order valence-electron chi connectivity index (χ2n) is 6.96. The van der Waals surface area contributed by atoms with Crippen LogP contribution in [-0.4, -0.2) is 25.5 Å². The zero-order valence-electron chi connectivity index (χ0n) is 17.0. The van der Waals surface area contributed by atoms with Gasteiger partial charge in [-0.2, -0.15) is 0 Å². The van der Waals surface area contributed by atoms with Crippen molar-refractivity contribution in [3.63, 3.8) is 0 Å². The van der Waals surface area contributed by atoms with E-state index in [2.05, 4.69) is 5.32 Å². The summed E-state index contributed by atoms with van der Waals surface area (Å²) in [5.74, 6) is -0.418. The first-order valence-electron chi connectivity index (χ1n) is 9.34. The molecular weight excluding hydrogens is 418 g/mol. The molecule has 0 fully saturated rings. The molecule has 0 saturated heterocycles. The molecule has 0 aliphatic rings. The lowest BCUT2D eigenvalue weighted by molar-refractivity contribution is -0.385. The molecule has 0 heterocycles. The van der Waals surface area contributed by atoms with Crippen LogP contribution in [-0.2, 0) is 16.6 Å². The SMILES string of the molecule is Cc1c(NC(=O)c2ccc(CN(c3ccccc3)S(C)(=O)=O)cc2)cccc1[N+](=O)[O-]. The van der Waals surface area contributed by atoms with Gasteiger partial charge in [0.25, 0.3) is 11.6 Å². The number of nitrogens with zero attached hydrogens (tertiary/aromatic N) is 2. The Labute approximate surface area is 180 Å². The Morgan fingerprint density at radius 3 is 2.23 bits per heavy atom. The van der Waals surface area contributed by atoms with E-state index in [4.69, 9.17) is 0 Å². The van der Waals surface area contributed by atoms with Gasteiger partial charge in [-0.3, -0.25) is 19.2 Å². The number of sulfonamides is 1. The molecule has 9 heteroatoms. The Balaban J connectivity index is 1.78. The zero-order chi connectivity index (χ0) is 22.6. The zero-order valence-corrected chi connectivity index (χ0v) is 17.8. The summed E-state index contributed by atoms with van der Waals surface area (Å²) in [5.41, 5.74) is 2.25. The summed E-state index contributed by atoms with van der Waals surface area (Å²) in [7, 11) is -3.50. The molecule has 1 N–H and O–H groups in total. The lowest BCUT2D eigenvalue weighted by atomic mass is 10.1. The van der Waals surface area contributed by atoms with Crippen LogP contribution in [0.15, 0.2) is 72.8 Å². The molecular formula is C22H21N3O5S. The summed E-state index contributed by atoms with van der Waals surface area (Å²) in [6, 6.07) is 19.8. The highest BCUT2D eigenvalue weighted by Gasteiger charge is 2.18. The van der Waals surface area contributed by atoms with Crippen LogP contribution in [0.25, 0.3) is 0 Å². The van der Waals surface area contributed by atoms with Gasteiger partial charge in [0.2, 0.25) is 10.0 Å². The van der Waals surface area contributed by atoms with Gasteiger partial charge in [-0.05, 0) is 42.8 Å². The van der Waals surface area contributed by atoms with Gasteiger partial charge in [0.05, 0.1) is 34.7 Å². The van der Waals surface area contributed by atoms with Crippen molar-refractivity contribution in [3.05, 3.63) is 99.6 Å². The van der Waals surface area contributed by atoms with Crippen molar-refractivity contribution in [1.29, 1.82) is 0 Å². The molecule has 0 aliphatic heterocycles. The van der Waals surface area contributed by atoms with E-state index in [1.54, 1.807) is 67.6 Å². The molecule has 8 nitrogen and oxygen atoms in total. The van der Waals surface area contributed by atoms with Gasteiger partial charge < -0.3 is 5.32 Å². The Hall–Kier alpha value is -3.72. The van der Waals surface area contributed by atoms with Crippen molar-refractivity contribution in [2.24, 2.45) is 0 Å². The first-order valence-corrected chi connectivity index (χ1v) is 11.2. The van der Waals surface area contributed by atoms with Gasteiger partial charge in [-0.25, -0.2) is 8.42 Å². The van der Waals surface area contributed by atoms with E-state index in [-0.39, 0.29) is 12.2 Å². The maximum atomic E-state index is 12.6. The molecule has 0 spiro atoms. The molecule has 0 aliphatic carbocycles. The molecule has 1 amide bonds. The van der Waals surface area contributed by atoms with Crippen molar-refractivity contribution in [1.82, 2.24) is 0 Å². The van der Waals surface area contributed by atoms with Crippen LogP contribution in [0.1, 0.15) is 21.5 Å². The monoisotopic (exact) mass is 439 g/mol. The number of benzene rings is 3. The lowest BCUT2D eigenvalue weighted by Crippen LogP contribution is -2.29. The summed E-state index contributed by atoms with van der Waals surface area (Å²) >= 11 is 0. The van der Waals surface area contributed by atoms with Gasteiger partial charge in [-0.15, -0.1) is 0 Å². The summed E-state index contributed by atoms with van der Waals surface area (Å²) in [4.78, 5) is 23.1. The van der Waals surface area contributed by atoms with Crippen LogP contribution in [0.4, 0.5) is 17.1 Å². The molecule has 3 aromatic carbocycles. The van der Waals surface area contributed by atoms with E-state index in [9.17, 15) is 23.3 Å². The topological polar surface area (TPSA) is 110 Å². The Kier molecular flexibility index (Phi) is 6.36. The van der Waals surface area contributed by atoms with Crippen molar-refractivity contribution in [2.75, 3.05) is 15.9 Å². The van der Waals surface area contributed by atoms with Gasteiger partial charge in [0, 0.05) is 11.6 Å². The van der Waals surface area contributed by atoms with Crippen molar-refractivity contribution in [2.45, 2.75) is 13.5 Å². The number of hydrogen-bond donors (Lipinski definition) is 1. The van der Waals surface area contributed by atoms with Gasteiger partial charge >= 0.3 is 0 Å². The molecule has 0 saturated carbocycles.